The average molecular weight is 628 g/mol. The highest BCUT2D eigenvalue weighted by Crippen LogP contribution is 2.31. The van der Waals surface area contributed by atoms with Gasteiger partial charge in [-0.1, -0.05) is 36.9 Å². The molecular weight excluding hydrogens is 593 g/mol. The smallest absolute Gasteiger partial charge is 0.328 e. The zero-order valence-corrected chi connectivity index (χ0v) is 24.9. The molecule has 0 aliphatic carbocycles. The second kappa shape index (κ2) is 15.9. The highest BCUT2D eigenvalue weighted by atomic mass is 19.1. The lowest BCUT2D eigenvalue weighted by atomic mass is 9.93. The quantitative estimate of drug-likeness (QED) is 0.140. The predicted octanol–water partition coefficient (Wildman–Crippen LogP) is 5.61. The number of amides is 1. The van der Waals surface area contributed by atoms with E-state index in [0.29, 0.717) is 35.0 Å². The van der Waals surface area contributed by atoms with Crippen LogP contribution in [0.3, 0.4) is 0 Å². The van der Waals surface area contributed by atoms with Gasteiger partial charge in [0, 0.05) is 60.4 Å². The third-order valence-electron chi connectivity index (χ3n) is 7.32. The van der Waals surface area contributed by atoms with Crippen LogP contribution < -0.4 is 15.5 Å². The van der Waals surface area contributed by atoms with Crippen LogP contribution in [0.25, 0.3) is 22.0 Å². The molecule has 2 heterocycles. The van der Waals surface area contributed by atoms with Crippen LogP contribution in [0.4, 0.5) is 27.4 Å². The van der Waals surface area contributed by atoms with Crippen molar-refractivity contribution >= 4 is 51.8 Å². The molecule has 12 heteroatoms. The topological polar surface area (TPSA) is 165 Å². The van der Waals surface area contributed by atoms with Crippen molar-refractivity contribution in [3.8, 4) is 11.1 Å². The van der Waals surface area contributed by atoms with E-state index in [9.17, 15) is 19.5 Å². The van der Waals surface area contributed by atoms with E-state index in [-0.39, 0.29) is 24.3 Å². The zero-order valence-electron chi connectivity index (χ0n) is 24.9. The molecule has 46 heavy (non-hydrogen) atoms. The maximum absolute atomic E-state index is 15.1. The maximum atomic E-state index is 15.1. The second-order valence-corrected chi connectivity index (χ2v) is 10.5. The highest BCUT2D eigenvalue weighted by Gasteiger charge is 2.20. The minimum Gasteiger partial charge on any atom is -0.478 e. The normalized spacial score (nSPS) is 13.1. The van der Waals surface area contributed by atoms with Gasteiger partial charge in [-0.3, -0.25) is 4.79 Å². The van der Waals surface area contributed by atoms with Crippen LogP contribution in [0.1, 0.15) is 19.3 Å². The monoisotopic (exact) mass is 627 g/mol. The number of fused-ring (bicyclic) bond motifs is 1. The summed E-state index contributed by atoms with van der Waals surface area (Å²) in [4.78, 5) is 42.1. The molecule has 1 aliphatic heterocycles. The Balaban J connectivity index is 0.000000533. The molecule has 1 saturated heterocycles. The van der Waals surface area contributed by atoms with Gasteiger partial charge in [0.25, 0.3) is 0 Å². The number of benzene rings is 3. The molecule has 0 radical (unpaired) electrons. The number of nitrogens with one attached hydrogen (secondary N) is 2. The first-order chi connectivity index (χ1) is 22.2. The SMILES string of the molecule is C=CC(=O)Nc1cccc(-c2cccc3cnc(Nc4ccc(N5CCC(CCO)CC5)cc4F)nc23)c1.O=C(O)/C=C\C(=O)O. The van der Waals surface area contributed by atoms with E-state index in [4.69, 9.17) is 15.2 Å². The molecule has 3 aromatic carbocycles. The molecule has 0 saturated carbocycles. The molecule has 4 aromatic rings. The van der Waals surface area contributed by atoms with Crippen molar-refractivity contribution in [1.82, 2.24) is 9.97 Å². The van der Waals surface area contributed by atoms with Gasteiger partial charge in [0.05, 0.1) is 11.2 Å². The van der Waals surface area contributed by atoms with Crippen molar-refractivity contribution in [2.45, 2.75) is 19.3 Å². The summed E-state index contributed by atoms with van der Waals surface area (Å²) in [7, 11) is 0. The van der Waals surface area contributed by atoms with Gasteiger partial charge in [-0.2, -0.15) is 0 Å². The minimum absolute atomic E-state index is 0.221. The van der Waals surface area contributed by atoms with Gasteiger partial charge < -0.3 is 30.9 Å². The number of nitrogens with zero attached hydrogens (tertiary/aromatic N) is 3. The van der Waals surface area contributed by atoms with Crippen LogP contribution in [-0.2, 0) is 14.4 Å². The molecular formula is C34H34FN5O6. The van der Waals surface area contributed by atoms with Crippen LogP contribution >= 0.6 is 0 Å². The number of aliphatic hydroxyl groups is 1. The number of hydrogen-bond donors (Lipinski definition) is 5. The Morgan fingerprint density at radius 3 is 2.37 bits per heavy atom. The Labute approximate surface area is 264 Å². The average Bonchev–Trinajstić information content (AvgIpc) is 3.05. The van der Waals surface area contributed by atoms with Crippen LogP contribution in [0.15, 0.2) is 91.7 Å². The molecule has 0 bridgehead atoms. The summed E-state index contributed by atoms with van der Waals surface area (Å²) in [5, 5.41) is 31.4. The Kier molecular flexibility index (Phi) is 11.5. The van der Waals surface area contributed by atoms with Crippen molar-refractivity contribution in [2.24, 2.45) is 5.92 Å². The second-order valence-electron chi connectivity index (χ2n) is 10.5. The molecule has 1 aliphatic rings. The molecule has 0 spiro atoms. The molecule has 1 aromatic heterocycles. The number of aromatic nitrogens is 2. The lowest BCUT2D eigenvalue weighted by molar-refractivity contribution is -0.134. The van der Waals surface area contributed by atoms with E-state index >= 15 is 4.39 Å². The number of aliphatic carboxylic acids is 2. The number of carbonyl (C=O) groups is 3. The third-order valence-corrected chi connectivity index (χ3v) is 7.32. The van der Waals surface area contributed by atoms with Crippen molar-refractivity contribution in [1.29, 1.82) is 0 Å². The minimum atomic E-state index is -1.26. The standard InChI is InChI=1S/C30H30FN5O2.C4H4O4/c1-2-28(38)33-23-7-3-5-21(17-23)25-8-4-6-22-19-32-30(35-29(22)25)34-27-10-9-24(18-26(27)31)36-14-11-20(12-15-36)13-16-37;5-3(6)1-2-4(7)8/h2-10,17-20,37H,1,11-16H2,(H,33,38)(H,32,34,35);1-2H,(H,5,6)(H,7,8)/b;2-1-. The number of anilines is 4. The number of carbonyl (C=O) groups excluding carboxylic acids is 1. The Morgan fingerprint density at radius 1 is 1.00 bits per heavy atom. The summed E-state index contributed by atoms with van der Waals surface area (Å²) in [5.74, 6) is -2.35. The van der Waals surface area contributed by atoms with Crippen molar-refractivity contribution in [2.75, 3.05) is 35.2 Å². The first kappa shape index (κ1) is 33.3. The molecule has 0 unspecified atom stereocenters. The molecule has 238 valence electrons. The summed E-state index contributed by atoms with van der Waals surface area (Å²) < 4.78 is 15.1. The first-order valence-corrected chi connectivity index (χ1v) is 14.5. The fourth-order valence-electron chi connectivity index (χ4n) is 5.03. The van der Waals surface area contributed by atoms with Crippen molar-refractivity contribution in [3.05, 3.63) is 97.5 Å². The Bertz CT molecular complexity index is 1740. The number of para-hydroxylation sites is 1. The van der Waals surface area contributed by atoms with Crippen LogP contribution in [-0.4, -0.2) is 62.8 Å². The zero-order chi connectivity index (χ0) is 33.1. The highest BCUT2D eigenvalue weighted by molar-refractivity contribution is 6.00. The fraction of sp³-hybridized carbons (Fsp3) is 0.206. The fourth-order valence-corrected chi connectivity index (χ4v) is 5.03. The lowest BCUT2D eigenvalue weighted by Crippen LogP contribution is -2.33. The summed E-state index contributed by atoms with van der Waals surface area (Å²) in [6.45, 7) is 5.42. The van der Waals surface area contributed by atoms with Gasteiger partial charge in [-0.25, -0.2) is 23.9 Å². The summed E-state index contributed by atoms with van der Waals surface area (Å²) >= 11 is 0. The number of hydrogen-bond acceptors (Lipinski definition) is 8. The predicted molar refractivity (Wildman–Crippen MR) is 175 cm³/mol. The maximum Gasteiger partial charge on any atom is 0.328 e. The third kappa shape index (κ3) is 9.19. The van der Waals surface area contributed by atoms with Gasteiger partial charge in [-0.05, 0) is 67.2 Å². The van der Waals surface area contributed by atoms with Crippen LogP contribution in [0.5, 0.6) is 0 Å². The van der Waals surface area contributed by atoms with Gasteiger partial charge in [0.2, 0.25) is 11.9 Å². The van der Waals surface area contributed by atoms with E-state index in [1.165, 1.54) is 6.08 Å². The van der Waals surface area contributed by atoms with E-state index in [1.807, 2.05) is 48.5 Å². The Hall–Kier alpha value is -5.62. The first-order valence-electron chi connectivity index (χ1n) is 14.5. The Morgan fingerprint density at radius 2 is 1.72 bits per heavy atom. The number of rotatable bonds is 10. The van der Waals surface area contributed by atoms with E-state index in [0.717, 1.165) is 54.6 Å². The number of carboxylic acids is 2. The summed E-state index contributed by atoms with van der Waals surface area (Å²) in [5.41, 5.74) is 4.25. The van der Waals surface area contributed by atoms with Crippen molar-refractivity contribution in [3.63, 3.8) is 0 Å². The largest absolute Gasteiger partial charge is 0.478 e. The van der Waals surface area contributed by atoms with Gasteiger partial charge in [0.1, 0.15) is 5.82 Å². The lowest BCUT2D eigenvalue weighted by Gasteiger charge is -2.33. The van der Waals surface area contributed by atoms with Gasteiger partial charge >= 0.3 is 11.9 Å². The number of carboxylic acid groups (broad SMARTS) is 2. The van der Waals surface area contributed by atoms with Crippen molar-refractivity contribution < 1.29 is 34.1 Å². The number of aliphatic hydroxyl groups excluding tert-OH is 1. The van der Waals surface area contributed by atoms with E-state index in [1.54, 1.807) is 18.3 Å². The van der Waals surface area contributed by atoms with E-state index in [2.05, 4.69) is 27.1 Å². The molecule has 11 nitrogen and oxygen atoms in total. The van der Waals surface area contributed by atoms with Crippen LogP contribution in [0, 0.1) is 11.7 Å². The summed E-state index contributed by atoms with van der Waals surface area (Å²) in [6, 6.07) is 18.5. The summed E-state index contributed by atoms with van der Waals surface area (Å²) in [6.07, 6.45) is 6.88. The van der Waals surface area contributed by atoms with Crippen LogP contribution in [0.2, 0.25) is 0 Å². The molecule has 5 N–H and O–H groups in total. The molecule has 1 amide bonds. The van der Waals surface area contributed by atoms with Gasteiger partial charge in [-0.15, -0.1) is 0 Å². The molecule has 5 rings (SSSR count). The van der Waals surface area contributed by atoms with E-state index < -0.39 is 11.9 Å². The molecule has 1 fully saturated rings. The van der Waals surface area contributed by atoms with Gasteiger partial charge in [0.15, 0.2) is 0 Å². The number of halogens is 1. The molecule has 0 atom stereocenters. The number of piperidine rings is 1.